The lowest BCUT2D eigenvalue weighted by Crippen LogP contribution is -2.29. The number of fused-ring (bicyclic) bond motifs is 1. The summed E-state index contributed by atoms with van der Waals surface area (Å²) in [6.07, 6.45) is 3.55. The van der Waals surface area contributed by atoms with Gasteiger partial charge in [-0.05, 0) is 37.8 Å². The van der Waals surface area contributed by atoms with Crippen molar-refractivity contribution in [2.45, 2.75) is 19.8 Å². The molecule has 0 spiro atoms. The third kappa shape index (κ3) is 2.29. The smallest absolute Gasteiger partial charge is 0.274 e. The summed E-state index contributed by atoms with van der Waals surface area (Å²) in [4.78, 5) is 18.7. The van der Waals surface area contributed by atoms with Crippen LogP contribution in [0.15, 0.2) is 24.4 Å². The number of aryl methyl sites for hydroxylation is 1. The van der Waals surface area contributed by atoms with E-state index >= 15 is 0 Å². The standard InChI is InChI=1S/C15H19N3O2/c1-11-3-2-4-14-16-13(10-18(11)14)15(20)17-7-5-12(9-17)6-8-19/h2-4,10,12,19H,5-9H2,1H3. The second kappa shape index (κ2) is 5.25. The molecule has 1 aliphatic heterocycles. The molecule has 0 saturated carbocycles. The Labute approximate surface area is 117 Å². The fourth-order valence-corrected chi connectivity index (χ4v) is 2.85. The number of aliphatic hydroxyl groups is 1. The zero-order chi connectivity index (χ0) is 14.1. The Kier molecular flexibility index (Phi) is 3.44. The Morgan fingerprint density at radius 3 is 3.10 bits per heavy atom. The molecule has 106 valence electrons. The van der Waals surface area contributed by atoms with Crippen LogP contribution in [0.5, 0.6) is 0 Å². The van der Waals surface area contributed by atoms with Crippen molar-refractivity contribution in [3.63, 3.8) is 0 Å². The van der Waals surface area contributed by atoms with E-state index in [-0.39, 0.29) is 12.5 Å². The van der Waals surface area contributed by atoms with Crippen LogP contribution in [0.3, 0.4) is 0 Å². The van der Waals surface area contributed by atoms with Gasteiger partial charge < -0.3 is 14.4 Å². The summed E-state index contributed by atoms with van der Waals surface area (Å²) in [6.45, 7) is 3.68. The maximum atomic E-state index is 12.5. The highest BCUT2D eigenvalue weighted by molar-refractivity contribution is 5.93. The molecule has 20 heavy (non-hydrogen) atoms. The number of rotatable bonds is 3. The maximum Gasteiger partial charge on any atom is 0.274 e. The van der Waals surface area contributed by atoms with Crippen LogP contribution < -0.4 is 0 Å². The van der Waals surface area contributed by atoms with E-state index in [0.717, 1.165) is 37.3 Å². The number of aromatic nitrogens is 2. The second-order valence-electron chi connectivity index (χ2n) is 5.44. The molecular formula is C15H19N3O2. The molecule has 1 atom stereocenters. The van der Waals surface area contributed by atoms with Gasteiger partial charge in [-0.3, -0.25) is 4.79 Å². The fraction of sp³-hybridized carbons (Fsp3) is 0.467. The third-order valence-corrected chi connectivity index (χ3v) is 4.03. The molecule has 5 nitrogen and oxygen atoms in total. The summed E-state index contributed by atoms with van der Waals surface area (Å²) in [7, 11) is 0. The quantitative estimate of drug-likeness (QED) is 0.921. The number of carbonyl (C=O) groups excluding carboxylic acids is 1. The number of amides is 1. The lowest BCUT2D eigenvalue weighted by atomic mass is 10.1. The van der Waals surface area contributed by atoms with E-state index in [1.807, 2.05) is 40.6 Å². The zero-order valence-corrected chi connectivity index (χ0v) is 11.6. The Morgan fingerprint density at radius 2 is 2.35 bits per heavy atom. The van der Waals surface area contributed by atoms with Crippen molar-refractivity contribution < 1.29 is 9.90 Å². The van der Waals surface area contributed by atoms with Gasteiger partial charge in [-0.25, -0.2) is 4.98 Å². The Bertz CT molecular complexity index is 635. The topological polar surface area (TPSA) is 57.8 Å². The minimum absolute atomic E-state index is 0.00598. The number of hydrogen-bond acceptors (Lipinski definition) is 3. The first-order valence-corrected chi connectivity index (χ1v) is 7.04. The lowest BCUT2D eigenvalue weighted by Gasteiger charge is -2.14. The van der Waals surface area contributed by atoms with Gasteiger partial charge >= 0.3 is 0 Å². The fourth-order valence-electron chi connectivity index (χ4n) is 2.85. The van der Waals surface area contributed by atoms with Crippen molar-refractivity contribution in [2.75, 3.05) is 19.7 Å². The Hall–Kier alpha value is -1.88. The molecule has 1 N–H and O–H groups in total. The monoisotopic (exact) mass is 273 g/mol. The van der Waals surface area contributed by atoms with Crippen molar-refractivity contribution in [1.29, 1.82) is 0 Å². The first kappa shape index (κ1) is 13.1. The van der Waals surface area contributed by atoms with Crippen molar-refractivity contribution in [1.82, 2.24) is 14.3 Å². The number of carbonyl (C=O) groups is 1. The molecule has 1 aliphatic rings. The average Bonchev–Trinajstić information content (AvgIpc) is 3.05. The van der Waals surface area contributed by atoms with Crippen LogP contribution in [0, 0.1) is 12.8 Å². The van der Waals surface area contributed by atoms with Crippen LogP contribution >= 0.6 is 0 Å². The predicted molar refractivity (Wildman–Crippen MR) is 75.6 cm³/mol. The zero-order valence-electron chi connectivity index (χ0n) is 11.6. The van der Waals surface area contributed by atoms with Crippen LogP contribution in [0.2, 0.25) is 0 Å². The van der Waals surface area contributed by atoms with Gasteiger partial charge in [-0.1, -0.05) is 6.07 Å². The summed E-state index contributed by atoms with van der Waals surface area (Å²) in [5, 5.41) is 8.98. The van der Waals surface area contributed by atoms with Gasteiger partial charge in [-0.2, -0.15) is 0 Å². The maximum absolute atomic E-state index is 12.5. The number of likely N-dealkylation sites (tertiary alicyclic amines) is 1. The number of nitrogens with zero attached hydrogens (tertiary/aromatic N) is 3. The molecule has 0 bridgehead atoms. The molecule has 1 saturated heterocycles. The molecule has 3 heterocycles. The predicted octanol–water partition coefficient (Wildman–Crippen LogP) is 1.49. The largest absolute Gasteiger partial charge is 0.396 e. The molecule has 1 amide bonds. The molecule has 0 aliphatic carbocycles. The Balaban J connectivity index is 1.81. The molecule has 0 radical (unpaired) electrons. The molecule has 1 unspecified atom stereocenters. The highest BCUT2D eigenvalue weighted by atomic mass is 16.3. The highest BCUT2D eigenvalue weighted by Gasteiger charge is 2.27. The van der Waals surface area contributed by atoms with E-state index in [1.165, 1.54) is 0 Å². The van der Waals surface area contributed by atoms with E-state index in [1.54, 1.807) is 0 Å². The lowest BCUT2D eigenvalue weighted by molar-refractivity contribution is 0.0779. The van der Waals surface area contributed by atoms with Crippen molar-refractivity contribution >= 4 is 11.6 Å². The van der Waals surface area contributed by atoms with E-state index < -0.39 is 0 Å². The highest BCUT2D eigenvalue weighted by Crippen LogP contribution is 2.21. The molecule has 3 rings (SSSR count). The molecule has 0 aromatic carbocycles. The van der Waals surface area contributed by atoms with Crippen molar-refractivity contribution in [3.05, 3.63) is 35.8 Å². The first-order chi connectivity index (χ1) is 9.69. The number of hydrogen-bond donors (Lipinski definition) is 1. The molecule has 1 fully saturated rings. The van der Waals surface area contributed by atoms with E-state index in [0.29, 0.717) is 11.6 Å². The summed E-state index contributed by atoms with van der Waals surface area (Å²) in [5.41, 5.74) is 2.37. The second-order valence-corrected chi connectivity index (χ2v) is 5.44. The summed E-state index contributed by atoms with van der Waals surface area (Å²) >= 11 is 0. The van der Waals surface area contributed by atoms with Crippen LogP contribution in [0.1, 0.15) is 29.0 Å². The van der Waals surface area contributed by atoms with Gasteiger partial charge in [0.05, 0.1) is 0 Å². The number of imidazole rings is 1. The van der Waals surface area contributed by atoms with E-state index in [9.17, 15) is 4.79 Å². The minimum atomic E-state index is -0.00598. The molecular weight excluding hydrogens is 254 g/mol. The van der Waals surface area contributed by atoms with Crippen LogP contribution in [-0.2, 0) is 0 Å². The van der Waals surface area contributed by atoms with Crippen LogP contribution in [-0.4, -0.2) is 45.0 Å². The SMILES string of the molecule is Cc1cccc2nc(C(=O)N3CCC(CCO)C3)cn12. The minimum Gasteiger partial charge on any atom is -0.396 e. The van der Waals surface area contributed by atoms with Gasteiger partial charge in [-0.15, -0.1) is 0 Å². The molecule has 2 aromatic heterocycles. The molecule has 5 heteroatoms. The third-order valence-electron chi connectivity index (χ3n) is 4.03. The van der Waals surface area contributed by atoms with Crippen molar-refractivity contribution in [2.24, 2.45) is 5.92 Å². The number of pyridine rings is 1. The summed E-state index contributed by atoms with van der Waals surface area (Å²) in [5.74, 6) is 0.413. The van der Waals surface area contributed by atoms with E-state index in [2.05, 4.69) is 4.98 Å². The van der Waals surface area contributed by atoms with Gasteiger partial charge in [0.25, 0.3) is 5.91 Å². The molecule has 2 aromatic rings. The first-order valence-electron chi connectivity index (χ1n) is 7.04. The summed E-state index contributed by atoms with van der Waals surface area (Å²) < 4.78 is 1.94. The van der Waals surface area contributed by atoms with Gasteiger partial charge in [0.1, 0.15) is 11.3 Å². The van der Waals surface area contributed by atoms with Gasteiger partial charge in [0, 0.05) is 31.6 Å². The van der Waals surface area contributed by atoms with E-state index in [4.69, 9.17) is 5.11 Å². The number of aliphatic hydroxyl groups excluding tert-OH is 1. The average molecular weight is 273 g/mol. The van der Waals surface area contributed by atoms with Crippen molar-refractivity contribution in [3.8, 4) is 0 Å². The Morgan fingerprint density at radius 1 is 1.50 bits per heavy atom. The summed E-state index contributed by atoms with van der Waals surface area (Å²) in [6, 6.07) is 5.84. The van der Waals surface area contributed by atoms with Gasteiger partial charge in [0.2, 0.25) is 0 Å². The van der Waals surface area contributed by atoms with Crippen LogP contribution in [0.4, 0.5) is 0 Å². The normalized spacial score (nSPS) is 18.9. The van der Waals surface area contributed by atoms with Crippen LogP contribution in [0.25, 0.3) is 5.65 Å². The van der Waals surface area contributed by atoms with Gasteiger partial charge in [0.15, 0.2) is 0 Å².